The molecule has 0 aliphatic carbocycles. The van der Waals surface area contributed by atoms with Gasteiger partial charge in [-0.25, -0.2) is 8.42 Å². The van der Waals surface area contributed by atoms with E-state index in [9.17, 15) is 8.42 Å². The summed E-state index contributed by atoms with van der Waals surface area (Å²) in [5.41, 5.74) is 0. The molecule has 0 heterocycles. The van der Waals surface area contributed by atoms with Crippen LogP contribution in [-0.4, -0.2) is 44.1 Å². The van der Waals surface area contributed by atoms with Gasteiger partial charge >= 0.3 is 29.6 Å². The zero-order chi connectivity index (χ0) is 7.98. The van der Waals surface area contributed by atoms with Crippen molar-refractivity contribution in [1.82, 2.24) is 0 Å². The normalized spacial score (nSPS) is 12.2. The van der Waals surface area contributed by atoms with Crippen LogP contribution in [0.4, 0.5) is 0 Å². The van der Waals surface area contributed by atoms with Crippen LogP contribution in [0.2, 0.25) is 0 Å². The summed E-state index contributed by atoms with van der Waals surface area (Å²) in [6, 6.07) is 0. The van der Waals surface area contributed by atoms with Crippen LogP contribution in [0.3, 0.4) is 0 Å². The minimum atomic E-state index is -2.69. The van der Waals surface area contributed by atoms with Gasteiger partial charge in [-0.15, -0.1) is 6.58 Å². The average molecular weight is 188 g/mol. The molecule has 0 radical (unpaired) electrons. The van der Waals surface area contributed by atoms with Gasteiger partial charge in [-0.05, 0) is 19.8 Å². The van der Waals surface area contributed by atoms with Crippen LogP contribution in [0.5, 0.6) is 0 Å². The molecule has 0 saturated carbocycles. The van der Waals surface area contributed by atoms with Crippen LogP contribution in [0.25, 0.3) is 0 Å². The van der Waals surface area contributed by atoms with Gasteiger partial charge in [-0.1, -0.05) is 6.08 Å². The summed E-state index contributed by atoms with van der Waals surface area (Å²) in [6.45, 7) is 5.22. The van der Waals surface area contributed by atoms with Gasteiger partial charge in [0.25, 0.3) is 11.0 Å². The monoisotopic (exact) mass is 188 g/mol. The van der Waals surface area contributed by atoms with Gasteiger partial charge in [0.15, 0.2) is 0 Å². The summed E-state index contributed by atoms with van der Waals surface area (Å²) in [7, 11) is -2.69. The van der Waals surface area contributed by atoms with E-state index in [2.05, 4.69) is 10.8 Å². The van der Waals surface area contributed by atoms with E-state index in [1.165, 1.54) is 0 Å². The SMILES string of the molecule is C=CCCC(C)O[SH](=O)=O.[NaH]. The average Bonchev–Trinajstić information content (AvgIpc) is 1.82. The molecule has 0 bridgehead atoms. The molecule has 0 aromatic heterocycles. The number of allylic oxidation sites excluding steroid dienone is 1. The van der Waals surface area contributed by atoms with Crippen LogP contribution >= 0.6 is 0 Å². The van der Waals surface area contributed by atoms with Gasteiger partial charge in [-0.3, -0.25) is 4.18 Å². The summed E-state index contributed by atoms with van der Waals surface area (Å²) in [5, 5.41) is 0. The Balaban J connectivity index is 0. The van der Waals surface area contributed by atoms with E-state index in [0.29, 0.717) is 6.42 Å². The number of thiol groups is 1. The molecule has 0 aromatic rings. The van der Waals surface area contributed by atoms with E-state index in [0.717, 1.165) is 6.42 Å². The van der Waals surface area contributed by atoms with Crippen molar-refractivity contribution in [3.05, 3.63) is 12.7 Å². The summed E-state index contributed by atoms with van der Waals surface area (Å²) in [5.74, 6) is 0. The van der Waals surface area contributed by atoms with Crippen molar-refractivity contribution in [2.45, 2.75) is 25.9 Å². The van der Waals surface area contributed by atoms with Crippen molar-refractivity contribution >= 4 is 40.5 Å². The Labute approximate surface area is 91.3 Å². The van der Waals surface area contributed by atoms with Crippen molar-refractivity contribution in [3.63, 3.8) is 0 Å². The second-order valence-electron chi connectivity index (χ2n) is 2.01. The molecule has 0 aliphatic rings. The molecular formula is C6H13NaO3S. The number of hydrogen-bond donors (Lipinski definition) is 1. The van der Waals surface area contributed by atoms with Crippen LogP contribution in [0, 0.1) is 0 Å². The van der Waals surface area contributed by atoms with Gasteiger partial charge in [0.2, 0.25) is 0 Å². The van der Waals surface area contributed by atoms with Gasteiger partial charge in [0.05, 0.1) is 6.10 Å². The molecule has 5 heteroatoms. The summed E-state index contributed by atoms with van der Waals surface area (Å²) in [6.07, 6.45) is 2.99. The number of rotatable bonds is 5. The van der Waals surface area contributed by atoms with Crippen molar-refractivity contribution in [1.29, 1.82) is 0 Å². The maximum atomic E-state index is 9.96. The van der Waals surface area contributed by atoms with Crippen molar-refractivity contribution in [3.8, 4) is 0 Å². The molecule has 0 fully saturated rings. The summed E-state index contributed by atoms with van der Waals surface area (Å²) >= 11 is 0. The second-order valence-corrected chi connectivity index (χ2v) is 2.66. The van der Waals surface area contributed by atoms with E-state index in [4.69, 9.17) is 0 Å². The molecule has 0 N–H and O–H groups in total. The van der Waals surface area contributed by atoms with E-state index in [1.54, 1.807) is 13.0 Å². The first-order chi connectivity index (χ1) is 4.66. The van der Waals surface area contributed by atoms with E-state index in [-0.39, 0.29) is 35.7 Å². The topological polar surface area (TPSA) is 43.4 Å². The third-order valence-electron chi connectivity index (χ3n) is 1.04. The first-order valence-electron chi connectivity index (χ1n) is 3.09. The standard InChI is InChI=1S/C6H12O3S.Na.H/c1-3-4-5-6(2)9-10(7)8;;/h3,6,10H,1,4-5H2,2H3;;. The molecule has 0 amide bonds. The summed E-state index contributed by atoms with van der Waals surface area (Å²) in [4.78, 5) is 0. The zero-order valence-electron chi connectivity index (χ0n) is 5.95. The number of hydrogen-bond acceptors (Lipinski definition) is 3. The molecule has 0 saturated heterocycles. The predicted molar refractivity (Wildman–Crippen MR) is 47.4 cm³/mol. The Bertz CT molecular complexity index is 159. The fraction of sp³-hybridized carbons (Fsp3) is 0.667. The molecule has 11 heavy (non-hydrogen) atoms. The molecule has 1 atom stereocenters. The molecule has 0 rings (SSSR count). The first kappa shape index (κ1) is 14.2. The van der Waals surface area contributed by atoms with Crippen LogP contribution in [0.1, 0.15) is 19.8 Å². The van der Waals surface area contributed by atoms with E-state index < -0.39 is 11.0 Å². The Hall–Kier alpha value is 0.650. The van der Waals surface area contributed by atoms with Gasteiger partial charge in [0.1, 0.15) is 0 Å². The Morgan fingerprint density at radius 3 is 2.55 bits per heavy atom. The van der Waals surface area contributed by atoms with Crippen molar-refractivity contribution < 1.29 is 12.6 Å². The predicted octanol–water partition coefficient (Wildman–Crippen LogP) is 0.236. The van der Waals surface area contributed by atoms with E-state index in [1.807, 2.05) is 0 Å². The molecule has 3 nitrogen and oxygen atoms in total. The zero-order valence-corrected chi connectivity index (χ0v) is 6.84. The van der Waals surface area contributed by atoms with Crippen molar-refractivity contribution in [2.24, 2.45) is 0 Å². The molecule has 0 aliphatic heterocycles. The quantitative estimate of drug-likeness (QED) is 0.382. The third-order valence-corrected chi connectivity index (χ3v) is 1.58. The second kappa shape index (κ2) is 8.74. The Morgan fingerprint density at radius 2 is 2.18 bits per heavy atom. The molecule has 0 aromatic carbocycles. The van der Waals surface area contributed by atoms with E-state index >= 15 is 0 Å². The molecule has 1 unspecified atom stereocenters. The fourth-order valence-electron chi connectivity index (χ4n) is 0.552. The Kier molecular flexibility index (Phi) is 11.3. The van der Waals surface area contributed by atoms with Gasteiger partial charge in [-0.2, -0.15) is 0 Å². The molecule has 0 spiro atoms. The minimum absolute atomic E-state index is 0. The van der Waals surface area contributed by atoms with Crippen LogP contribution in [-0.2, 0) is 15.2 Å². The van der Waals surface area contributed by atoms with Crippen molar-refractivity contribution in [2.75, 3.05) is 0 Å². The first-order valence-corrected chi connectivity index (χ1v) is 4.18. The third kappa shape index (κ3) is 10.7. The van der Waals surface area contributed by atoms with Gasteiger partial charge in [0, 0.05) is 0 Å². The molecular weight excluding hydrogens is 175 g/mol. The van der Waals surface area contributed by atoms with Crippen LogP contribution in [0.15, 0.2) is 12.7 Å². The van der Waals surface area contributed by atoms with Gasteiger partial charge < -0.3 is 0 Å². The Morgan fingerprint density at radius 1 is 1.64 bits per heavy atom. The molecule has 62 valence electrons. The van der Waals surface area contributed by atoms with Crippen LogP contribution < -0.4 is 0 Å². The summed E-state index contributed by atoms with van der Waals surface area (Å²) < 4.78 is 24.4. The fourth-order valence-corrected chi connectivity index (χ4v) is 0.951. The maximum absolute atomic E-state index is 9.96.